The van der Waals surface area contributed by atoms with Crippen molar-refractivity contribution < 1.29 is 4.79 Å². The van der Waals surface area contributed by atoms with E-state index in [1.54, 1.807) is 11.8 Å². The van der Waals surface area contributed by atoms with E-state index in [1.807, 2.05) is 24.3 Å². The maximum absolute atomic E-state index is 11.6. The zero-order valence-electron chi connectivity index (χ0n) is 9.71. The molecule has 2 nitrogen and oxygen atoms in total. The van der Waals surface area contributed by atoms with Crippen molar-refractivity contribution in [2.75, 3.05) is 11.1 Å². The fraction of sp³-hybridized carbons (Fsp3) is 0.417. The van der Waals surface area contributed by atoms with Gasteiger partial charge >= 0.3 is 0 Å². The van der Waals surface area contributed by atoms with Gasteiger partial charge in [0.25, 0.3) is 0 Å². The highest BCUT2D eigenvalue weighted by Gasteiger charge is 2.13. The molecular weight excluding hydrogens is 286 g/mol. The van der Waals surface area contributed by atoms with Gasteiger partial charge in [0.2, 0.25) is 5.91 Å². The summed E-state index contributed by atoms with van der Waals surface area (Å²) in [4.78, 5) is 11.6. The molecule has 1 aromatic rings. The van der Waals surface area contributed by atoms with Gasteiger partial charge in [0, 0.05) is 14.9 Å². The Morgan fingerprint density at radius 2 is 1.88 bits per heavy atom. The molecule has 0 heterocycles. The normalized spacial score (nSPS) is 11.2. The van der Waals surface area contributed by atoms with E-state index in [0.29, 0.717) is 5.75 Å². The molecule has 1 N–H and O–H groups in total. The molecule has 88 valence electrons. The summed E-state index contributed by atoms with van der Waals surface area (Å²) in [6.45, 7) is 6.31. The van der Waals surface area contributed by atoms with Crippen LogP contribution in [0.3, 0.4) is 0 Å². The van der Waals surface area contributed by atoms with E-state index in [9.17, 15) is 4.79 Å². The Bertz CT molecular complexity index is 356. The van der Waals surface area contributed by atoms with Gasteiger partial charge in [0.1, 0.15) is 0 Å². The maximum Gasteiger partial charge on any atom is 0.234 e. The Morgan fingerprint density at radius 1 is 1.31 bits per heavy atom. The molecule has 0 unspecified atom stereocenters. The summed E-state index contributed by atoms with van der Waals surface area (Å²) in [7, 11) is 0. The van der Waals surface area contributed by atoms with Crippen LogP contribution in [0.1, 0.15) is 20.8 Å². The van der Waals surface area contributed by atoms with Crippen LogP contribution in [0.15, 0.2) is 28.7 Å². The van der Waals surface area contributed by atoms with Crippen LogP contribution in [0.5, 0.6) is 0 Å². The summed E-state index contributed by atoms with van der Waals surface area (Å²) in [6, 6.07) is 7.58. The monoisotopic (exact) mass is 301 g/mol. The zero-order chi connectivity index (χ0) is 12.2. The van der Waals surface area contributed by atoms with E-state index >= 15 is 0 Å². The van der Waals surface area contributed by atoms with Gasteiger partial charge in [-0.3, -0.25) is 4.79 Å². The molecule has 0 bridgehead atoms. The number of hydrogen-bond acceptors (Lipinski definition) is 2. The van der Waals surface area contributed by atoms with Crippen LogP contribution in [0.2, 0.25) is 0 Å². The summed E-state index contributed by atoms with van der Waals surface area (Å²) < 4.78 is 1.13. The zero-order valence-corrected chi connectivity index (χ0v) is 12.1. The highest BCUT2D eigenvalue weighted by atomic mass is 79.9. The first-order chi connectivity index (χ1) is 7.37. The van der Waals surface area contributed by atoms with Crippen LogP contribution in [0, 0.1) is 0 Å². The van der Waals surface area contributed by atoms with Gasteiger partial charge in [0.15, 0.2) is 0 Å². The lowest BCUT2D eigenvalue weighted by Crippen LogP contribution is -2.18. The molecule has 16 heavy (non-hydrogen) atoms. The van der Waals surface area contributed by atoms with Crippen molar-refractivity contribution in [3.63, 3.8) is 0 Å². The Labute approximate surface area is 109 Å². The second kappa shape index (κ2) is 5.73. The number of hydrogen-bond donors (Lipinski definition) is 1. The molecular formula is C12H16BrNOS. The van der Waals surface area contributed by atoms with Crippen molar-refractivity contribution in [1.82, 2.24) is 0 Å². The largest absolute Gasteiger partial charge is 0.325 e. The number of rotatable bonds is 3. The van der Waals surface area contributed by atoms with Crippen molar-refractivity contribution in [3.05, 3.63) is 28.7 Å². The SMILES string of the molecule is CC(C)(C)SCC(=O)Nc1ccc(Br)cc1. The average Bonchev–Trinajstić information content (AvgIpc) is 2.18. The van der Waals surface area contributed by atoms with E-state index in [1.165, 1.54) is 0 Å². The minimum Gasteiger partial charge on any atom is -0.325 e. The van der Waals surface area contributed by atoms with Crippen LogP contribution < -0.4 is 5.32 Å². The van der Waals surface area contributed by atoms with Crippen LogP contribution in [0.4, 0.5) is 5.69 Å². The lowest BCUT2D eigenvalue weighted by atomic mass is 10.3. The topological polar surface area (TPSA) is 29.1 Å². The van der Waals surface area contributed by atoms with Crippen LogP contribution in [-0.2, 0) is 4.79 Å². The molecule has 4 heteroatoms. The molecule has 0 aromatic heterocycles. The number of anilines is 1. The van der Waals surface area contributed by atoms with Gasteiger partial charge < -0.3 is 5.32 Å². The minimum absolute atomic E-state index is 0.0437. The third kappa shape index (κ3) is 5.56. The Kier molecular flexibility index (Phi) is 4.87. The molecule has 0 radical (unpaired) electrons. The molecule has 1 amide bonds. The third-order valence-corrected chi connectivity index (χ3v) is 3.57. The summed E-state index contributed by atoms with van der Waals surface area (Å²) in [5.41, 5.74) is 0.836. The predicted molar refractivity (Wildman–Crippen MR) is 75.0 cm³/mol. The van der Waals surface area contributed by atoms with E-state index in [-0.39, 0.29) is 10.7 Å². The first-order valence-electron chi connectivity index (χ1n) is 5.06. The molecule has 0 aliphatic heterocycles. The number of amides is 1. The van der Waals surface area contributed by atoms with Gasteiger partial charge in [-0.05, 0) is 24.3 Å². The smallest absolute Gasteiger partial charge is 0.234 e. The highest BCUT2D eigenvalue weighted by Crippen LogP contribution is 2.23. The van der Waals surface area contributed by atoms with Gasteiger partial charge in [0.05, 0.1) is 5.75 Å². The van der Waals surface area contributed by atoms with Crippen molar-refractivity contribution >= 4 is 39.3 Å². The van der Waals surface area contributed by atoms with Gasteiger partial charge in [-0.2, -0.15) is 0 Å². The van der Waals surface area contributed by atoms with E-state index in [2.05, 4.69) is 42.0 Å². The highest BCUT2D eigenvalue weighted by molar-refractivity contribution is 9.10. The molecule has 0 aliphatic rings. The first kappa shape index (κ1) is 13.6. The van der Waals surface area contributed by atoms with Crippen LogP contribution in [-0.4, -0.2) is 16.4 Å². The molecule has 0 fully saturated rings. The Balaban J connectivity index is 2.43. The number of nitrogens with one attached hydrogen (secondary N) is 1. The molecule has 0 spiro atoms. The van der Waals surface area contributed by atoms with Crippen molar-refractivity contribution in [1.29, 1.82) is 0 Å². The number of carbonyl (C=O) groups excluding carboxylic acids is 1. The summed E-state index contributed by atoms with van der Waals surface area (Å²) >= 11 is 4.99. The van der Waals surface area contributed by atoms with Crippen LogP contribution >= 0.6 is 27.7 Å². The predicted octanol–water partition coefficient (Wildman–Crippen LogP) is 3.92. The van der Waals surface area contributed by atoms with Gasteiger partial charge in [-0.25, -0.2) is 0 Å². The fourth-order valence-corrected chi connectivity index (χ4v) is 1.91. The average molecular weight is 302 g/mol. The Morgan fingerprint density at radius 3 is 2.38 bits per heavy atom. The molecule has 1 aromatic carbocycles. The minimum atomic E-state index is 0.0437. The lowest BCUT2D eigenvalue weighted by molar-refractivity contribution is -0.113. The number of benzene rings is 1. The van der Waals surface area contributed by atoms with E-state index in [4.69, 9.17) is 0 Å². The summed E-state index contributed by atoms with van der Waals surface area (Å²) in [5.74, 6) is 0.529. The second-order valence-electron chi connectivity index (χ2n) is 4.46. The number of carbonyl (C=O) groups is 1. The van der Waals surface area contributed by atoms with Crippen LogP contribution in [0.25, 0.3) is 0 Å². The molecule has 1 rings (SSSR count). The quantitative estimate of drug-likeness (QED) is 0.917. The maximum atomic E-state index is 11.6. The molecule has 0 aliphatic carbocycles. The molecule has 0 atom stereocenters. The summed E-state index contributed by atoms with van der Waals surface area (Å²) in [5, 5.41) is 2.86. The van der Waals surface area contributed by atoms with E-state index < -0.39 is 0 Å². The Hall–Kier alpha value is -0.480. The first-order valence-corrected chi connectivity index (χ1v) is 6.84. The standard InChI is InChI=1S/C12H16BrNOS/c1-12(2,3)16-8-11(15)14-10-6-4-9(13)5-7-10/h4-7H,8H2,1-3H3,(H,14,15). The summed E-state index contributed by atoms with van der Waals surface area (Å²) in [6.07, 6.45) is 0. The number of halogens is 1. The van der Waals surface area contributed by atoms with Crippen molar-refractivity contribution in [2.45, 2.75) is 25.5 Å². The second-order valence-corrected chi connectivity index (χ2v) is 7.17. The van der Waals surface area contributed by atoms with E-state index in [0.717, 1.165) is 10.2 Å². The number of thioether (sulfide) groups is 1. The van der Waals surface area contributed by atoms with Crippen molar-refractivity contribution in [3.8, 4) is 0 Å². The van der Waals surface area contributed by atoms with Gasteiger partial charge in [-0.15, -0.1) is 11.8 Å². The van der Waals surface area contributed by atoms with Crippen molar-refractivity contribution in [2.24, 2.45) is 0 Å². The molecule has 0 saturated heterocycles. The third-order valence-electron chi connectivity index (χ3n) is 1.76. The lowest BCUT2D eigenvalue weighted by Gasteiger charge is -2.16. The van der Waals surface area contributed by atoms with Gasteiger partial charge in [-0.1, -0.05) is 36.7 Å². The molecule has 0 saturated carbocycles. The fourth-order valence-electron chi connectivity index (χ4n) is 1.01.